The topological polar surface area (TPSA) is 36.4 Å². The van der Waals surface area contributed by atoms with Gasteiger partial charge < -0.3 is 10.0 Å². The van der Waals surface area contributed by atoms with Crippen molar-refractivity contribution >= 4 is 17.4 Å². The fourth-order valence-corrected chi connectivity index (χ4v) is 1.69. The molecule has 0 atom stereocenters. The normalized spacial score (nSPS) is 10.3. The zero-order valence-electron chi connectivity index (χ0n) is 9.68. The molecular formula is C13H13ClN2O. The van der Waals surface area contributed by atoms with Gasteiger partial charge in [0.25, 0.3) is 0 Å². The monoisotopic (exact) mass is 248 g/mol. The minimum Gasteiger partial charge on any atom is -0.506 e. The van der Waals surface area contributed by atoms with E-state index < -0.39 is 0 Å². The number of phenolic OH excluding ortho intramolecular Hbond substituents is 1. The van der Waals surface area contributed by atoms with E-state index in [4.69, 9.17) is 11.6 Å². The Hall–Kier alpha value is -1.74. The summed E-state index contributed by atoms with van der Waals surface area (Å²) in [6, 6.07) is 9.04. The number of rotatable bonds is 2. The number of aromatic hydroxyl groups is 1. The fourth-order valence-electron chi connectivity index (χ4n) is 1.51. The second-order valence-electron chi connectivity index (χ2n) is 3.97. The quantitative estimate of drug-likeness (QED) is 0.887. The maximum absolute atomic E-state index is 9.35. The lowest BCUT2D eigenvalue weighted by Crippen LogP contribution is -2.09. The van der Waals surface area contributed by atoms with Crippen LogP contribution in [0.5, 0.6) is 5.75 Å². The minimum atomic E-state index is 0.0910. The molecule has 1 aromatic carbocycles. The average molecular weight is 249 g/mol. The summed E-state index contributed by atoms with van der Waals surface area (Å²) in [6.45, 7) is 0. The van der Waals surface area contributed by atoms with Gasteiger partial charge in [0, 0.05) is 25.9 Å². The van der Waals surface area contributed by atoms with E-state index >= 15 is 0 Å². The molecule has 0 amide bonds. The molecule has 0 saturated carbocycles. The molecule has 0 radical (unpaired) electrons. The smallest absolute Gasteiger partial charge is 0.134 e. The van der Waals surface area contributed by atoms with E-state index in [0.29, 0.717) is 5.02 Å². The van der Waals surface area contributed by atoms with Crippen molar-refractivity contribution in [2.24, 2.45) is 0 Å². The van der Waals surface area contributed by atoms with Gasteiger partial charge in [-0.3, -0.25) is 0 Å². The van der Waals surface area contributed by atoms with E-state index in [1.165, 1.54) is 0 Å². The molecule has 1 N–H and O–H groups in total. The molecule has 1 aromatic heterocycles. The van der Waals surface area contributed by atoms with Gasteiger partial charge in [-0.2, -0.15) is 0 Å². The van der Waals surface area contributed by atoms with Crippen LogP contribution in [0.2, 0.25) is 5.02 Å². The lowest BCUT2D eigenvalue weighted by Gasteiger charge is -2.11. The van der Waals surface area contributed by atoms with Crippen LogP contribution in [0.15, 0.2) is 36.5 Å². The number of nitrogens with zero attached hydrogens (tertiary/aromatic N) is 2. The van der Waals surface area contributed by atoms with E-state index in [1.807, 2.05) is 37.2 Å². The van der Waals surface area contributed by atoms with Gasteiger partial charge in [0.2, 0.25) is 0 Å². The molecule has 0 fully saturated rings. The Bertz CT molecular complexity index is 523. The van der Waals surface area contributed by atoms with E-state index in [1.54, 1.807) is 18.3 Å². The number of hydrogen-bond acceptors (Lipinski definition) is 3. The second-order valence-corrected chi connectivity index (χ2v) is 4.37. The van der Waals surface area contributed by atoms with E-state index in [2.05, 4.69) is 4.98 Å². The van der Waals surface area contributed by atoms with Gasteiger partial charge >= 0.3 is 0 Å². The highest BCUT2D eigenvalue weighted by Crippen LogP contribution is 2.29. The number of phenols is 1. The standard InChI is InChI=1S/C13H13ClN2O/c1-16(2)13-6-4-10(8-15-13)9-3-5-12(17)11(14)7-9/h3-8,17H,1-2H3. The first-order valence-corrected chi connectivity index (χ1v) is 5.58. The predicted octanol–water partition coefficient (Wildman–Crippen LogP) is 3.17. The van der Waals surface area contributed by atoms with Crippen molar-refractivity contribution in [3.63, 3.8) is 0 Å². The maximum atomic E-state index is 9.35. The van der Waals surface area contributed by atoms with Gasteiger partial charge in [0.1, 0.15) is 11.6 Å². The van der Waals surface area contributed by atoms with Gasteiger partial charge in [0.05, 0.1) is 5.02 Å². The zero-order valence-corrected chi connectivity index (χ0v) is 10.4. The van der Waals surface area contributed by atoms with Crippen LogP contribution in [0.4, 0.5) is 5.82 Å². The second kappa shape index (κ2) is 4.63. The summed E-state index contributed by atoms with van der Waals surface area (Å²) in [4.78, 5) is 6.27. The van der Waals surface area contributed by atoms with Crippen molar-refractivity contribution < 1.29 is 5.11 Å². The van der Waals surface area contributed by atoms with Gasteiger partial charge in [-0.15, -0.1) is 0 Å². The number of halogens is 1. The van der Waals surface area contributed by atoms with Crippen LogP contribution in [0, 0.1) is 0 Å². The van der Waals surface area contributed by atoms with Crippen molar-refractivity contribution in [2.45, 2.75) is 0 Å². The number of pyridine rings is 1. The SMILES string of the molecule is CN(C)c1ccc(-c2ccc(O)c(Cl)c2)cn1. The van der Waals surface area contributed by atoms with E-state index in [9.17, 15) is 5.11 Å². The molecule has 88 valence electrons. The van der Waals surface area contributed by atoms with Gasteiger partial charge in [-0.05, 0) is 29.8 Å². The van der Waals surface area contributed by atoms with Gasteiger partial charge in [0.15, 0.2) is 0 Å². The number of hydrogen-bond donors (Lipinski definition) is 1. The summed E-state index contributed by atoms with van der Waals surface area (Å²) in [5.41, 5.74) is 1.91. The van der Waals surface area contributed by atoms with E-state index in [0.717, 1.165) is 16.9 Å². The zero-order chi connectivity index (χ0) is 12.4. The van der Waals surface area contributed by atoms with Gasteiger partial charge in [-0.1, -0.05) is 17.7 Å². The largest absolute Gasteiger partial charge is 0.506 e. The van der Waals surface area contributed by atoms with Crippen LogP contribution < -0.4 is 4.90 Å². The molecule has 2 rings (SSSR count). The lowest BCUT2D eigenvalue weighted by atomic mass is 10.1. The van der Waals surface area contributed by atoms with Crippen molar-refractivity contribution in [3.05, 3.63) is 41.6 Å². The van der Waals surface area contributed by atoms with Crippen LogP contribution in [0.1, 0.15) is 0 Å². The highest BCUT2D eigenvalue weighted by atomic mass is 35.5. The molecule has 0 spiro atoms. The molecule has 0 unspecified atom stereocenters. The Labute approximate surface area is 105 Å². The van der Waals surface area contributed by atoms with Crippen molar-refractivity contribution in [1.82, 2.24) is 4.98 Å². The number of aromatic nitrogens is 1. The van der Waals surface area contributed by atoms with Crippen molar-refractivity contribution in [1.29, 1.82) is 0 Å². The van der Waals surface area contributed by atoms with Crippen LogP contribution in [0.3, 0.4) is 0 Å². The lowest BCUT2D eigenvalue weighted by molar-refractivity contribution is 0.475. The maximum Gasteiger partial charge on any atom is 0.134 e. The van der Waals surface area contributed by atoms with Crippen LogP contribution >= 0.6 is 11.6 Å². The first kappa shape index (κ1) is 11.7. The number of anilines is 1. The predicted molar refractivity (Wildman–Crippen MR) is 70.7 cm³/mol. The van der Waals surface area contributed by atoms with Crippen molar-refractivity contribution in [2.75, 3.05) is 19.0 Å². The van der Waals surface area contributed by atoms with Crippen LogP contribution in [-0.2, 0) is 0 Å². The fraction of sp³-hybridized carbons (Fsp3) is 0.154. The summed E-state index contributed by atoms with van der Waals surface area (Å²) in [5.74, 6) is 0.993. The molecule has 1 heterocycles. The molecule has 0 aliphatic carbocycles. The Kier molecular flexibility index (Phi) is 3.20. The summed E-state index contributed by atoms with van der Waals surface area (Å²) < 4.78 is 0. The molecular weight excluding hydrogens is 236 g/mol. The highest BCUT2D eigenvalue weighted by Gasteiger charge is 2.03. The molecule has 2 aromatic rings. The third-order valence-corrected chi connectivity index (χ3v) is 2.79. The van der Waals surface area contributed by atoms with E-state index in [-0.39, 0.29) is 5.75 Å². The first-order valence-electron chi connectivity index (χ1n) is 5.20. The molecule has 4 heteroatoms. The number of benzene rings is 1. The van der Waals surface area contributed by atoms with Crippen LogP contribution in [0.25, 0.3) is 11.1 Å². The Balaban J connectivity index is 2.36. The Morgan fingerprint density at radius 1 is 1.12 bits per heavy atom. The first-order chi connectivity index (χ1) is 8.08. The molecule has 0 aliphatic rings. The third-order valence-electron chi connectivity index (χ3n) is 2.49. The average Bonchev–Trinajstić information content (AvgIpc) is 2.33. The summed E-state index contributed by atoms with van der Waals surface area (Å²) >= 11 is 5.87. The Morgan fingerprint density at radius 3 is 2.35 bits per heavy atom. The minimum absolute atomic E-state index is 0.0910. The molecule has 0 bridgehead atoms. The molecule has 0 aliphatic heterocycles. The summed E-state index contributed by atoms with van der Waals surface area (Å²) in [7, 11) is 3.89. The Morgan fingerprint density at radius 2 is 1.82 bits per heavy atom. The summed E-state index contributed by atoms with van der Waals surface area (Å²) in [5, 5.41) is 9.70. The molecule has 17 heavy (non-hydrogen) atoms. The van der Waals surface area contributed by atoms with Crippen molar-refractivity contribution in [3.8, 4) is 16.9 Å². The van der Waals surface area contributed by atoms with Crippen LogP contribution in [-0.4, -0.2) is 24.2 Å². The third kappa shape index (κ3) is 2.50. The highest BCUT2D eigenvalue weighted by molar-refractivity contribution is 6.32. The van der Waals surface area contributed by atoms with Gasteiger partial charge in [-0.25, -0.2) is 4.98 Å². The summed E-state index contributed by atoms with van der Waals surface area (Å²) in [6.07, 6.45) is 1.79. The molecule has 0 saturated heterocycles. The molecule has 3 nitrogen and oxygen atoms in total.